The average Bonchev–Trinajstić information content (AvgIpc) is 4.00. The number of para-hydroxylation sites is 3. The van der Waals surface area contributed by atoms with E-state index in [4.69, 9.17) is 24.1 Å². The molecule has 4 heterocycles. The highest BCUT2D eigenvalue weighted by atomic mass is 16.5. The van der Waals surface area contributed by atoms with E-state index in [-0.39, 0.29) is 0 Å². The molecule has 0 fully saturated rings. The Morgan fingerprint density at radius 2 is 0.969 bits per heavy atom. The van der Waals surface area contributed by atoms with Gasteiger partial charge in [0.05, 0.1) is 22.0 Å². The molecule has 1 aliphatic carbocycles. The Balaban J connectivity index is 0.995. The van der Waals surface area contributed by atoms with Gasteiger partial charge in [-0.05, 0) is 70.8 Å². The van der Waals surface area contributed by atoms with E-state index in [0.29, 0.717) is 17.5 Å². The molecule has 64 heavy (non-hydrogen) atoms. The van der Waals surface area contributed by atoms with Gasteiger partial charge in [-0.3, -0.25) is 0 Å². The molecule has 0 N–H and O–H groups in total. The lowest BCUT2D eigenvalue weighted by Crippen LogP contribution is -2.32. The highest BCUT2D eigenvalue weighted by Gasteiger charge is 2.51. The molecule has 2 aliphatic rings. The van der Waals surface area contributed by atoms with Crippen LogP contribution < -0.4 is 4.74 Å². The minimum atomic E-state index is -0.580. The fourth-order valence-electron chi connectivity index (χ4n) is 10.6. The van der Waals surface area contributed by atoms with Gasteiger partial charge in [-0.2, -0.15) is 0 Å². The largest absolute Gasteiger partial charge is 0.457 e. The van der Waals surface area contributed by atoms with Gasteiger partial charge in [-0.25, -0.2) is 15.0 Å². The van der Waals surface area contributed by atoms with Gasteiger partial charge in [0.25, 0.3) is 0 Å². The number of hydrogen-bond acceptors (Lipinski definition) is 5. The highest BCUT2D eigenvalue weighted by molar-refractivity contribution is 6.13. The van der Waals surface area contributed by atoms with E-state index < -0.39 is 5.41 Å². The van der Waals surface area contributed by atoms with Crippen LogP contribution >= 0.6 is 0 Å². The molecule has 6 heteroatoms. The molecular formula is C58H34N4O2. The Bertz CT molecular complexity index is 3780. The zero-order chi connectivity index (χ0) is 41.9. The zero-order valence-corrected chi connectivity index (χ0v) is 34.2. The van der Waals surface area contributed by atoms with Gasteiger partial charge in [-0.1, -0.05) is 158 Å². The number of benzene rings is 9. The molecule has 6 nitrogen and oxygen atoms in total. The summed E-state index contributed by atoms with van der Waals surface area (Å²) in [6.07, 6.45) is 0. The number of ether oxygens (including phenoxy) is 1. The molecule has 0 unspecified atom stereocenters. The summed E-state index contributed by atoms with van der Waals surface area (Å²) in [7, 11) is 0. The summed E-state index contributed by atoms with van der Waals surface area (Å²) in [4.78, 5) is 15.0. The number of furan rings is 1. The lowest BCUT2D eigenvalue weighted by Gasteiger charge is -2.39. The lowest BCUT2D eigenvalue weighted by atomic mass is 9.66. The first-order chi connectivity index (χ1) is 31.7. The number of rotatable bonds is 4. The summed E-state index contributed by atoms with van der Waals surface area (Å²) in [6, 6.07) is 72.5. The topological polar surface area (TPSA) is 66.0 Å². The minimum Gasteiger partial charge on any atom is -0.457 e. The maximum absolute atomic E-state index is 6.94. The summed E-state index contributed by atoms with van der Waals surface area (Å²) in [5.41, 5.74) is 14.1. The van der Waals surface area contributed by atoms with Crippen molar-refractivity contribution in [1.82, 2.24) is 19.5 Å². The molecule has 3 aromatic heterocycles. The van der Waals surface area contributed by atoms with Crippen molar-refractivity contribution in [3.8, 4) is 62.5 Å². The van der Waals surface area contributed by atoms with Crippen molar-refractivity contribution in [3.63, 3.8) is 0 Å². The second kappa shape index (κ2) is 13.2. The fourth-order valence-corrected chi connectivity index (χ4v) is 10.6. The molecule has 0 bridgehead atoms. The molecule has 0 atom stereocenters. The standard InChI is InChI=1S/C58H34N4O2/c1-3-16-35(17-4-1)55-59-56(36-18-5-2-6-19-36)61-57(60-55)42-24-15-23-41-44-32-37(30-31-51(44)64-54(41)42)62-49-28-13-9-22-40(49)43-33-53-48(34-50(43)62)58(47-27-12-14-29-52(47)63-53)45-25-10-7-20-38(45)39-21-8-11-26-46(39)58/h1-34H. The van der Waals surface area contributed by atoms with E-state index in [2.05, 4.69) is 144 Å². The second-order valence-electron chi connectivity index (χ2n) is 16.7. The van der Waals surface area contributed by atoms with Gasteiger partial charge in [0.2, 0.25) is 0 Å². The number of fused-ring (bicyclic) bond motifs is 15. The first-order valence-electron chi connectivity index (χ1n) is 21.6. The Hall–Kier alpha value is -8.61. The Labute approximate surface area is 367 Å². The van der Waals surface area contributed by atoms with Crippen LogP contribution in [-0.2, 0) is 5.41 Å². The fraction of sp³-hybridized carbons (Fsp3) is 0.0172. The van der Waals surface area contributed by atoms with E-state index in [9.17, 15) is 0 Å². The Morgan fingerprint density at radius 1 is 0.375 bits per heavy atom. The van der Waals surface area contributed by atoms with Gasteiger partial charge < -0.3 is 13.7 Å². The van der Waals surface area contributed by atoms with Crippen LogP contribution in [0.2, 0.25) is 0 Å². The van der Waals surface area contributed by atoms with Gasteiger partial charge in [0.1, 0.15) is 22.7 Å². The first-order valence-corrected chi connectivity index (χ1v) is 21.6. The van der Waals surface area contributed by atoms with Crippen LogP contribution in [0.3, 0.4) is 0 Å². The Morgan fingerprint density at radius 3 is 1.70 bits per heavy atom. The van der Waals surface area contributed by atoms with E-state index in [1.807, 2.05) is 66.7 Å². The van der Waals surface area contributed by atoms with Gasteiger partial charge >= 0.3 is 0 Å². The number of aromatic nitrogens is 4. The lowest BCUT2D eigenvalue weighted by molar-refractivity contribution is 0.437. The molecule has 0 saturated heterocycles. The molecule has 0 radical (unpaired) electrons. The van der Waals surface area contributed by atoms with Gasteiger partial charge in [0, 0.05) is 49.5 Å². The predicted molar refractivity (Wildman–Crippen MR) is 255 cm³/mol. The van der Waals surface area contributed by atoms with Crippen LogP contribution in [-0.4, -0.2) is 19.5 Å². The van der Waals surface area contributed by atoms with Crippen LogP contribution in [0, 0.1) is 0 Å². The van der Waals surface area contributed by atoms with Crippen molar-refractivity contribution >= 4 is 43.7 Å². The molecule has 1 aliphatic heterocycles. The third-order valence-electron chi connectivity index (χ3n) is 13.3. The van der Waals surface area contributed by atoms with E-state index in [0.717, 1.165) is 88.7 Å². The number of nitrogens with zero attached hydrogens (tertiary/aromatic N) is 4. The van der Waals surface area contributed by atoms with E-state index in [1.165, 1.54) is 22.3 Å². The SMILES string of the molecule is c1ccc(-c2nc(-c3ccccc3)nc(-c3cccc4c3oc3ccc(-n5c6ccccc6c6cc7c(cc65)C5(c6ccccc6O7)c6ccccc6-c6ccccc65)cc34)n2)cc1. The predicted octanol–water partition coefficient (Wildman–Crippen LogP) is 14.3. The third-order valence-corrected chi connectivity index (χ3v) is 13.3. The Kier molecular flexibility index (Phi) is 7.22. The summed E-state index contributed by atoms with van der Waals surface area (Å²) in [6.45, 7) is 0. The van der Waals surface area contributed by atoms with Crippen molar-refractivity contribution < 1.29 is 9.15 Å². The minimum absolute atomic E-state index is 0.553. The monoisotopic (exact) mass is 818 g/mol. The normalized spacial score (nSPS) is 13.2. The van der Waals surface area contributed by atoms with Crippen molar-refractivity contribution in [1.29, 1.82) is 0 Å². The molecule has 0 amide bonds. The molecule has 298 valence electrons. The quantitative estimate of drug-likeness (QED) is 0.177. The molecule has 14 rings (SSSR count). The maximum Gasteiger partial charge on any atom is 0.167 e. The van der Waals surface area contributed by atoms with Crippen molar-refractivity contribution in [2.24, 2.45) is 0 Å². The van der Waals surface area contributed by atoms with Crippen LogP contribution in [0.4, 0.5) is 0 Å². The van der Waals surface area contributed by atoms with Crippen LogP contribution in [0.25, 0.3) is 94.7 Å². The smallest absolute Gasteiger partial charge is 0.167 e. The van der Waals surface area contributed by atoms with Gasteiger partial charge in [-0.15, -0.1) is 0 Å². The maximum atomic E-state index is 6.94. The molecular weight excluding hydrogens is 785 g/mol. The summed E-state index contributed by atoms with van der Waals surface area (Å²) in [5.74, 6) is 3.51. The summed E-state index contributed by atoms with van der Waals surface area (Å²) >= 11 is 0. The first kappa shape index (κ1) is 35.0. The van der Waals surface area contributed by atoms with Crippen LogP contribution in [0.1, 0.15) is 22.3 Å². The van der Waals surface area contributed by atoms with Crippen molar-refractivity contribution in [3.05, 3.63) is 229 Å². The van der Waals surface area contributed by atoms with Crippen molar-refractivity contribution in [2.75, 3.05) is 0 Å². The molecule has 0 saturated carbocycles. The molecule has 9 aromatic carbocycles. The number of hydrogen-bond donors (Lipinski definition) is 0. The third kappa shape index (κ3) is 4.82. The van der Waals surface area contributed by atoms with Crippen molar-refractivity contribution in [2.45, 2.75) is 5.41 Å². The van der Waals surface area contributed by atoms with E-state index in [1.54, 1.807) is 0 Å². The average molecular weight is 819 g/mol. The summed E-state index contributed by atoms with van der Waals surface area (Å²) in [5, 5.41) is 4.27. The zero-order valence-electron chi connectivity index (χ0n) is 34.2. The van der Waals surface area contributed by atoms with Crippen LogP contribution in [0.15, 0.2) is 211 Å². The molecule has 12 aromatic rings. The molecule has 1 spiro atoms. The van der Waals surface area contributed by atoms with Gasteiger partial charge in [0.15, 0.2) is 17.5 Å². The summed E-state index contributed by atoms with van der Waals surface area (Å²) < 4.78 is 16.1. The highest BCUT2D eigenvalue weighted by Crippen LogP contribution is 2.62. The van der Waals surface area contributed by atoms with E-state index >= 15 is 0 Å². The second-order valence-corrected chi connectivity index (χ2v) is 16.7. The van der Waals surface area contributed by atoms with Crippen LogP contribution in [0.5, 0.6) is 11.5 Å².